The quantitative estimate of drug-likeness (QED) is 0.746. The third-order valence-corrected chi connectivity index (χ3v) is 2.41. The van der Waals surface area contributed by atoms with Crippen molar-refractivity contribution in [1.82, 2.24) is 5.32 Å². The third kappa shape index (κ3) is 4.87. The van der Waals surface area contributed by atoms with E-state index >= 15 is 0 Å². The third-order valence-electron chi connectivity index (χ3n) is 2.41. The number of benzene rings is 1. The summed E-state index contributed by atoms with van der Waals surface area (Å²) in [5, 5.41) is 11.9. The van der Waals surface area contributed by atoms with Gasteiger partial charge in [-0.25, -0.2) is 4.79 Å². The summed E-state index contributed by atoms with van der Waals surface area (Å²) in [6, 6.07) is 8.91. The van der Waals surface area contributed by atoms with Crippen LogP contribution in [0.4, 0.5) is 4.79 Å². The number of alkyl carbamates (subject to hydrolysis) is 1. The fourth-order valence-corrected chi connectivity index (χ4v) is 1.41. The van der Waals surface area contributed by atoms with Gasteiger partial charge in [-0.15, -0.1) is 0 Å². The highest BCUT2D eigenvalue weighted by atomic mass is 16.5. The first-order chi connectivity index (χ1) is 8.27. The molecule has 17 heavy (non-hydrogen) atoms. The second-order valence-corrected chi connectivity index (χ2v) is 3.78. The molecule has 0 saturated carbocycles. The van der Waals surface area contributed by atoms with Crippen LogP contribution in [0.5, 0.6) is 0 Å². The maximum atomic E-state index is 11.4. The lowest BCUT2D eigenvalue weighted by Crippen LogP contribution is -2.31. The van der Waals surface area contributed by atoms with E-state index in [1.54, 1.807) is 0 Å². The van der Waals surface area contributed by atoms with Crippen molar-refractivity contribution in [3.63, 3.8) is 0 Å². The van der Waals surface area contributed by atoms with Gasteiger partial charge in [-0.05, 0) is 12.0 Å². The summed E-state index contributed by atoms with van der Waals surface area (Å²) in [5.41, 5.74) is 0.863. The molecule has 0 fully saturated rings. The van der Waals surface area contributed by atoms with Crippen molar-refractivity contribution in [2.45, 2.75) is 25.8 Å². The number of aliphatic hydroxyl groups excluding tert-OH is 1. The Morgan fingerprint density at radius 2 is 2.12 bits per heavy atom. The van der Waals surface area contributed by atoms with Gasteiger partial charge in [0, 0.05) is 0 Å². The summed E-state index contributed by atoms with van der Waals surface area (Å²) in [6.07, 6.45) is 1.35. The average molecular weight is 237 g/mol. The summed E-state index contributed by atoms with van der Waals surface area (Å²) in [4.78, 5) is 11.4. The zero-order chi connectivity index (χ0) is 12.5. The number of hydrogen-bond donors (Lipinski definition) is 2. The molecule has 4 nitrogen and oxygen atoms in total. The van der Waals surface area contributed by atoms with Crippen molar-refractivity contribution < 1.29 is 14.6 Å². The van der Waals surface area contributed by atoms with Crippen molar-refractivity contribution in [3.05, 3.63) is 35.9 Å². The van der Waals surface area contributed by atoms with Crippen molar-refractivity contribution in [1.29, 1.82) is 0 Å². The molecule has 0 aliphatic rings. The van der Waals surface area contributed by atoms with Gasteiger partial charge >= 0.3 is 6.09 Å². The van der Waals surface area contributed by atoms with Crippen LogP contribution in [0, 0.1) is 0 Å². The van der Waals surface area contributed by atoms with E-state index in [1.807, 2.05) is 37.3 Å². The van der Waals surface area contributed by atoms with Gasteiger partial charge in [-0.3, -0.25) is 0 Å². The van der Waals surface area contributed by atoms with Gasteiger partial charge in [0.15, 0.2) is 0 Å². The summed E-state index contributed by atoms with van der Waals surface area (Å²) in [5.74, 6) is 0. The molecule has 0 heterocycles. The van der Waals surface area contributed by atoms with E-state index in [2.05, 4.69) is 5.32 Å². The molecule has 0 bridgehead atoms. The Bertz CT molecular complexity index is 327. The molecule has 1 atom stereocenters. The lowest BCUT2D eigenvalue weighted by molar-refractivity contribution is 0.134. The molecular formula is C13H19NO3. The van der Waals surface area contributed by atoms with Crippen molar-refractivity contribution in [2.24, 2.45) is 0 Å². The summed E-state index contributed by atoms with van der Waals surface area (Å²) in [7, 11) is 0. The maximum absolute atomic E-state index is 11.4. The number of aliphatic hydroxyl groups is 1. The molecule has 0 spiro atoms. The summed E-state index contributed by atoms with van der Waals surface area (Å²) >= 11 is 0. The lowest BCUT2D eigenvalue weighted by atomic mass is 10.1. The van der Waals surface area contributed by atoms with E-state index in [-0.39, 0.29) is 6.61 Å². The highest BCUT2D eigenvalue weighted by Gasteiger charge is 2.13. The SMILES string of the molecule is CCCCOC(=O)NC(CO)c1ccccc1. The summed E-state index contributed by atoms with van der Waals surface area (Å²) in [6.45, 7) is 2.30. The number of nitrogens with one attached hydrogen (secondary N) is 1. The normalized spacial score (nSPS) is 11.9. The van der Waals surface area contributed by atoms with Gasteiger partial charge in [0.2, 0.25) is 0 Å². The minimum atomic E-state index is -0.485. The first kappa shape index (κ1) is 13.5. The minimum Gasteiger partial charge on any atom is -0.450 e. The van der Waals surface area contributed by atoms with E-state index in [1.165, 1.54) is 0 Å². The number of hydrogen-bond acceptors (Lipinski definition) is 3. The van der Waals surface area contributed by atoms with Crippen LogP contribution >= 0.6 is 0 Å². The second kappa shape index (κ2) is 7.68. The number of carbonyl (C=O) groups excluding carboxylic acids is 1. The van der Waals surface area contributed by atoms with Gasteiger partial charge in [0.25, 0.3) is 0 Å². The van der Waals surface area contributed by atoms with Crippen LogP contribution in [0.25, 0.3) is 0 Å². The van der Waals surface area contributed by atoms with E-state index in [9.17, 15) is 9.90 Å². The van der Waals surface area contributed by atoms with Crippen LogP contribution in [0.1, 0.15) is 31.4 Å². The molecule has 4 heteroatoms. The van der Waals surface area contributed by atoms with Crippen molar-refractivity contribution in [2.75, 3.05) is 13.2 Å². The second-order valence-electron chi connectivity index (χ2n) is 3.78. The highest BCUT2D eigenvalue weighted by molar-refractivity contribution is 5.67. The first-order valence-corrected chi connectivity index (χ1v) is 5.87. The molecule has 1 amide bonds. The lowest BCUT2D eigenvalue weighted by Gasteiger charge is -2.16. The molecule has 1 unspecified atom stereocenters. The fourth-order valence-electron chi connectivity index (χ4n) is 1.41. The Hall–Kier alpha value is -1.55. The van der Waals surface area contributed by atoms with Gasteiger partial charge in [0.05, 0.1) is 19.3 Å². The molecule has 0 aliphatic carbocycles. The van der Waals surface area contributed by atoms with Gasteiger partial charge in [0.1, 0.15) is 0 Å². The van der Waals surface area contributed by atoms with E-state index in [0.717, 1.165) is 18.4 Å². The molecule has 1 rings (SSSR count). The Balaban J connectivity index is 2.44. The molecule has 2 N–H and O–H groups in total. The van der Waals surface area contributed by atoms with Crippen LogP contribution in [0.2, 0.25) is 0 Å². The van der Waals surface area contributed by atoms with Crippen LogP contribution in [-0.4, -0.2) is 24.4 Å². The van der Waals surface area contributed by atoms with E-state index in [0.29, 0.717) is 6.61 Å². The Morgan fingerprint density at radius 3 is 2.71 bits per heavy atom. The van der Waals surface area contributed by atoms with Crippen molar-refractivity contribution >= 4 is 6.09 Å². The monoisotopic (exact) mass is 237 g/mol. The van der Waals surface area contributed by atoms with Crippen molar-refractivity contribution in [3.8, 4) is 0 Å². The van der Waals surface area contributed by atoms with Gasteiger partial charge < -0.3 is 15.2 Å². The molecule has 0 aliphatic heterocycles. The molecule has 0 saturated heterocycles. The van der Waals surface area contributed by atoms with Crippen LogP contribution in [0.15, 0.2) is 30.3 Å². The smallest absolute Gasteiger partial charge is 0.407 e. The molecular weight excluding hydrogens is 218 g/mol. The Labute approximate surface area is 102 Å². The predicted octanol–water partition coefficient (Wildman–Crippen LogP) is 2.25. The number of ether oxygens (including phenoxy) is 1. The number of unbranched alkanes of at least 4 members (excludes halogenated alkanes) is 1. The standard InChI is InChI=1S/C13H19NO3/c1-2-3-9-17-13(16)14-12(10-15)11-7-5-4-6-8-11/h4-8,12,15H,2-3,9-10H2,1H3,(H,14,16). The van der Waals surface area contributed by atoms with E-state index in [4.69, 9.17) is 4.74 Å². The molecule has 94 valence electrons. The molecule has 1 aromatic carbocycles. The number of rotatable bonds is 6. The minimum absolute atomic E-state index is 0.146. The highest BCUT2D eigenvalue weighted by Crippen LogP contribution is 2.11. The Morgan fingerprint density at radius 1 is 1.41 bits per heavy atom. The van der Waals surface area contributed by atoms with Gasteiger partial charge in [-0.2, -0.15) is 0 Å². The topological polar surface area (TPSA) is 58.6 Å². The summed E-state index contributed by atoms with van der Waals surface area (Å²) < 4.78 is 4.98. The predicted molar refractivity (Wildman–Crippen MR) is 65.7 cm³/mol. The maximum Gasteiger partial charge on any atom is 0.407 e. The molecule has 0 aromatic heterocycles. The first-order valence-electron chi connectivity index (χ1n) is 5.87. The Kier molecular flexibility index (Phi) is 6.10. The zero-order valence-corrected chi connectivity index (χ0v) is 10.1. The van der Waals surface area contributed by atoms with Crippen LogP contribution in [-0.2, 0) is 4.74 Å². The zero-order valence-electron chi connectivity index (χ0n) is 10.1. The number of amides is 1. The average Bonchev–Trinajstić information content (AvgIpc) is 2.37. The van der Waals surface area contributed by atoms with Crippen LogP contribution in [0.3, 0.4) is 0 Å². The van der Waals surface area contributed by atoms with Gasteiger partial charge in [-0.1, -0.05) is 43.7 Å². The molecule has 1 aromatic rings. The fraction of sp³-hybridized carbons (Fsp3) is 0.462. The number of carbonyl (C=O) groups is 1. The largest absolute Gasteiger partial charge is 0.450 e. The van der Waals surface area contributed by atoms with Crippen LogP contribution < -0.4 is 5.32 Å². The molecule has 0 radical (unpaired) electrons. The van der Waals surface area contributed by atoms with E-state index < -0.39 is 12.1 Å².